The maximum Gasteiger partial charge on any atom is 0.119 e. The number of rotatable bonds is 11. The van der Waals surface area contributed by atoms with Crippen molar-refractivity contribution in [1.82, 2.24) is 0 Å². The van der Waals surface area contributed by atoms with Gasteiger partial charge in [-0.15, -0.1) is 0 Å². The van der Waals surface area contributed by atoms with Gasteiger partial charge in [-0.25, -0.2) is 0 Å². The van der Waals surface area contributed by atoms with Crippen LogP contribution in [0.2, 0.25) is 0 Å². The molecule has 0 bridgehead atoms. The molecule has 2 heteroatoms. The minimum absolute atomic E-state index is 0.649. The van der Waals surface area contributed by atoms with Crippen molar-refractivity contribution in [3.8, 4) is 5.75 Å². The fourth-order valence-corrected chi connectivity index (χ4v) is 3.46. The lowest BCUT2D eigenvalue weighted by Crippen LogP contribution is -2.11. The summed E-state index contributed by atoms with van der Waals surface area (Å²) in [5.74, 6) is 1.59. The highest BCUT2D eigenvalue weighted by molar-refractivity contribution is 5.71. The van der Waals surface area contributed by atoms with Crippen LogP contribution in [-0.4, -0.2) is 6.61 Å². The van der Waals surface area contributed by atoms with Crippen LogP contribution in [0, 0.1) is 12.8 Å². The van der Waals surface area contributed by atoms with Gasteiger partial charge in [-0.3, -0.25) is 0 Å². The van der Waals surface area contributed by atoms with E-state index in [9.17, 15) is 0 Å². The Balaban J connectivity index is 1.51. The monoisotopic (exact) mass is 413 g/mol. The van der Waals surface area contributed by atoms with E-state index in [2.05, 4.69) is 98.9 Å². The third kappa shape index (κ3) is 7.64. The highest BCUT2D eigenvalue weighted by Gasteiger charge is 2.07. The summed E-state index contributed by atoms with van der Waals surface area (Å²) in [7, 11) is 0. The highest BCUT2D eigenvalue weighted by atomic mass is 16.5. The molecule has 1 N–H and O–H groups in total. The van der Waals surface area contributed by atoms with Gasteiger partial charge in [-0.05, 0) is 66.8 Å². The molecule has 3 aromatic rings. The topological polar surface area (TPSA) is 21.3 Å². The van der Waals surface area contributed by atoms with Crippen LogP contribution in [0.15, 0.2) is 72.8 Å². The minimum atomic E-state index is 0.649. The van der Waals surface area contributed by atoms with Crippen molar-refractivity contribution in [3.05, 3.63) is 89.5 Å². The van der Waals surface area contributed by atoms with Crippen molar-refractivity contribution in [1.29, 1.82) is 0 Å². The maximum atomic E-state index is 6.01. The van der Waals surface area contributed by atoms with Crippen molar-refractivity contribution < 1.29 is 4.74 Å². The summed E-state index contributed by atoms with van der Waals surface area (Å²) >= 11 is 0. The Morgan fingerprint density at radius 1 is 0.774 bits per heavy atom. The summed E-state index contributed by atoms with van der Waals surface area (Å²) in [6.07, 6.45) is 9.25. The zero-order valence-corrected chi connectivity index (χ0v) is 19.1. The Bertz CT molecular complexity index is 924. The zero-order valence-electron chi connectivity index (χ0n) is 19.1. The van der Waals surface area contributed by atoms with E-state index in [1.54, 1.807) is 0 Å². The van der Waals surface area contributed by atoms with Crippen LogP contribution in [-0.2, 0) is 0 Å². The van der Waals surface area contributed by atoms with Gasteiger partial charge in [0.25, 0.3) is 0 Å². The van der Waals surface area contributed by atoms with Crippen molar-refractivity contribution in [3.63, 3.8) is 0 Å². The summed E-state index contributed by atoms with van der Waals surface area (Å²) in [6.45, 7) is 7.41. The number of ether oxygens (including phenoxy) is 1. The molecule has 0 fully saturated rings. The van der Waals surface area contributed by atoms with E-state index in [-0.39, 0.29) is 0 Å². The Kier molecular flexibility index (Phi) is 8.78. The predicted molar refractivity (Wildman–Crippen MR) is 135 cm³/mol. The van der Waals surface area contributed by atoms with Gasteiger partial charge in [-0.1, -0.05) is 87.2 Å². The van der Waals surface area contributed by atoms with Gasteiger partial charge < -0.3 is 10.1 Å². The summed E-state index contributed by atoms with van der Waals surface area (Å²) in [5, 5.41) is 3.46. The number of benzene rings is 3. The van der Waals surface area contributed by atoms with E-state index in [0.29, 0.717) is 5.92 Å². The lowest BCUT2D eigenvalue weighted by atomic mass is 10.0. The summed E-state index contributed by atoms with van der Waals surface area (Å²) < 4.78 is 6.01. The van der Waals surface area contributed by atoms with Crippen LogP contribution in [0.1, 0.15) is 56.2 Å². The average Bonchev–Trinajstić information content (AvgIpc) is 2.81. The van der Waals surface area contributed by atoms with Crippen LogP contribution in [0.5, 0.6) is 5.75 Å². The van der Waals surface area contributed by atoms with E-state index in [4.69, 9.17) is 4.74 Å². The minimum Gasteiger partial charge on any atom is -0.493 e. The first-order chi connectivity index (χ1) is 15.2. The van der Waals surface area contributed by atoms with Crippen molar-refractivity contribution in [2.75, 3.05) is 11.9 Å². The van der Waals surface area contributed by atoms with Crippen LogP contribution < -0.4 is 10.1 Å². The quantitative estimate of drug-likeness (QED) is 0.318. The predicted octanol–water partition coefficient (Wildman–Crippen LogP) is 8.50. The van der Waals surface area contributed by atoms with E-state index < -0.39 is 0 Å². The van der Waals surface area contributed by atoms with Gasteiger partial charge >= 0.3 is 0 Å². The van der Waals surface area contributed by atoms with Crippen LogP contribution >= 0.6 is 0 Å². The molecular weight excluding hydrogens is 378 g/mol. The largest absolute Gasteiger partial charge is 0.493 e. The van der Waals surface area contributed by atoms with E-state index in [1.807, 2.05) is 12.1 Å². The third-order valence-corrected chi connectivity index (χ3v) is 5.63. The molecule has 162 valence electrons. The number of hydrogen-bond donors (Lipinski definition) is 1. The number of anilines is 2. The Hall–Kier alpha value is -3.00. The van der Waals surface area contributed by atoms with Crippen LogP contribution in [0.4, 0.5) is 11.4 Å². The third-order valence-electron chi connectivity index (χ3n) is 5.63. The molecular formula is C29H35NO. The molecule has 0 saturated carbocycles. The van der Waals surface area contributed by atoms with Crippen LogP contribution in [0.25, 0.3) is 12.2 Å². The average molecular weight is 414 g/mol. The van der Waals surface area contributed by atoms with Crippen molar-refractivity contribution >= 4 is 23.5 Å². The van der Waals surface area contributed by atoms with Crippen LogP contribution in [0.3, 0.4) is 0 Å². The van der Waals surface area contributed by atoms with Crippen molar-refractivity contribution in [2.24, 2.45) is 5.92 Å². The molecule has 0 amide bonds. The lowest BCUT2D eigenvalue weighted by molar-refractivity contribution is 0.233. The normalized spacial score (nSPS) is 12.1. The molecule has 0 radical (unpaired) electrons. The number of nitrogens with one attached hydrogen (secondary N) is 1. The molecule has 1 atom stereocenters. The fraction of sp³-hybridized carbons (Fsp3) is 0.310. The molecule has 31 heavy (non-hydrogen) atoms. The molecule has 0 spiro atoms. The first-order valence-corrected chi connectivity index (χ1v) is 11.5. The van der Waals surface area contributed by atoms with E-state index in [0.717, 1.165) is 23.7 Å². The van der Waals surface area contributed by atoms with E-state index >= 15 is 0 Å². The molecule has 2 nitrogen and oxygen atoms in total. The molecule has 0 aromatic heterocycles. The molecule has 0 aliphatic carbocycles. The molecule has 0 aliphatic heterocycles. The number of unbranched alkanes of at least 4 members (excludes halogenated alkanes) is 1. The second kappa shape index (κ2) is 12.0. The summed E-state index contributed by atoms with van der Waals surface area (Å²) in [6, 6.07) is 25.3. The lowest BCUT2D eigenvalue weighted by Gasteiger charge is -2.16. The summed E-state index contributed by atoms with van der Waals surface area (Å²) in [4.78, 5) is 0. The second-order valence-corrected chi connectivity index (χ2v) is 8.24. The summed E-state index contributed by atoms with van der Waals surface area (Å²) in [5.41, 5.74) is 5.82. The van der Waals surface area contributed by atoms with Gasteiger partial charge in [0.15, 0.2) is 0 Å². The molecule has 3 aromatic carbocycles. The SMILES string of the molecule is CCCCC(CC)COc1ccc(Nc2ccc(C=Cc3ccc(C)cc3)cc2)cc1. The number of aryl methyl sites for hydroxylation is 1. The van der Waals surface area contributed by atoms with E-state index in [1.165, 1.54) is 42.4 Å². The van der Waals surface area contributed by atoms with Gasteiger partial charge in [0.05, 0.1) is 6.61 Å². The standard InChI is InChI=1S/C29H35NO/c1-4-6-7-24(5-2)22-31-29-20-18-28(19-21-29)30-27-16-14-26(15-17-27)13-12-25-10-8-23(3)9-11-25/h8-21,24,30H,4-7,22H2,1-3H3. The van der Waals surface area contributed by atoms with Gasteiger partial charge in [0, 0.05) is 11.4 Å². The Morgan fingerprint density at radius 3 is 1.87 bits per heavy atom. The number of hydrogen-bond acceptors (Lipinski definition) is 2. The van der Waals surface area contributed by atoms with Crippen molar-refractivity contribution in [2.45, 2.75) is 46.5 Å². The maximum absolute atomic E-state index is 6.01. The Labute approximate surface area is 188 Å². The molecule has 0 saturated heterocycles. The second-order valence-electron chi connectivity index (χ2n) is 8.24. The molecule has 1 unspecified atom stereocenters. The van der Waals surface area contributed by atoms with Gasteiger partial charge in [0.2, 0.25) is 0 Å². The molecule has 3 rings (SSSR count). The first kappa shape index (κ1) is 22.7. The van der Waals surface area contributed by atoms with Gasteiger partial charge in [-0.2, -0.15) is 0 Å². The fourth-order valence-electron chi connectivity index (χ4n) is 3.46. The highest BCUT2D eigenvalue weighted by Crippen LogP contribution is 2.22. The smallest absolute Gasteiger partial charge is 0.119 e. The first-order valence-electron chi connectivity index (χ1n) is 11.5. The molecule has 0 heterocycles. The molecule has 0 aliphatic rings. The zero-order chi connectivity index (χ0) is 21.9. The van der Waals surface area contributed by atoms with Gasteiger partial charge in [0.1, 0.15) is 5.75 Å². The Morgan fingerprint density at radius 2 is 1.32 bits per heavy atom.